The molecule has 1 nitrogen and oxygen atoms in total. The molecule has 0 fully saturated rings. The van der Waals surface area contributed by atoms with E-state index in [1.54, 1.807) is 24.3 Å². The molecule has 0 amide bonds. The van der Waals surface area contributed by atoms with E-state index in [0.717, 1.165) is 0 Å². The fourth-order valence-corrected chi connectivity index (χ4v) is 1.41. The summed E-state index contributed by atoms with van der Waals surface area (Å²) in [5.74, 6) is -0.199. The molecule has 2 rings (SSSR count). The molecule has 0 aliphatic heterocycles. The van der Waals surface area contributed by atoms with Crippen LogP contribution in [0.4, 0.5) is 4.39 Å². The van der Waals surface area contributed by atoms with Crippen molar-refractivity contribution in [2.24, 2.45) is 0 Å². The van der Waals surface area contributed by atoms with Gasteiger partial charge in [0.15, 0.2) is 0 Å². The first kappa shape index (κ1) is 9.78. The number of hydrogen-bond acceptors (Lipinski definition) is 1. The number of hydrogen-bond donors (Lipinski definition) is 1. The second-order valence-corrected chi connectivity index (χ2v) is 3.29. The summed E-state index contributed by atoms with van der Waals surface area (Å²) in [6, 6.07) is 10.9. The minimum atomic E-state index is -0.360. The van der Waals surface area contributed by atoms with E-state index in [2.05, 4.69) is 0 Å². The first-order chi connectivity index (χ1) is 7.16. The Balaban J connectivity index is 2.49. The van der Waals surface area contributed by atoms with Crippen molar-refractivity contribution in [2.45, 2.75) is 0 Å². The topological polar surface area (TPSA) is 20.2 Å². The second-order valence-electron chi connectivity index (χ2n) is 3.29. The van der Waals surface area contributed by atoms with Gasteiger partial charge in [-0.1, -0.05) is 29.7 Å². The predicted octanol–water partition coefficient (Wildman–Crippen LogP) is 1.99. The number of halogens is 1. The average Bonchev–Trinajstić information content (AvgIpc) is 2.20. The molecule has 0 saturated carbocycles. The number of rotatable bonds is 1. The lowest BCUT2D eigenvalue weighted by Crippen LogP contribution is -2.02. The maximum absolute atomic E-state index is 13.5. The molecule has 0 aliphatic rings. The van der Waals surface area contributed by atoms with Crippen LogP contribution in [0.3, 0.4) is 0 Å². The second kappa shape index (κ2) is 3.77. The fraction of sp³-hybridized carbons (Fsp3) is 0. The van der Waals surface area contributed by atoms with Crippen molar-refractivity contribution in [3.8, 4) is 16.9 Å². The lowest BCUT2D eigenvalue weighted by Gasteiger charge is -2.04. The van der Waals surface area contributed by atoms with Crippen LogP contribution >= 0.6 is 0 Å². The first-order valence-electron chi connectivity index (χ1n) is 4.51. The summed E-state index contributed by atoms with van der Waals surface area (Å²) in [5, 5.41) is 9.10. The normalized spacial score (nSPS) is 10.2. The largest absolute Gasteiger partial charge is 0.508 e. The molecule has 3 heteroatoms. The molecule has 0 atom stereocenters. The van der Waals surface area contributed by atoms with Gasteiger partial charge >= 0.3 is 0 Å². The van der Waals surface area contributed by atoms with Crippen molar-refractivity contribution < 1.29 is 9.50 Å². The predicted molar refractivity (Wildman–Crippen MR) is 58.9 cm³/mol. The van der Waals surface area contributed by atoms with Crippen LogP contribution in [0.2, 0.25) is 0 Å². The van der Waals surface area contributed by atoms with Gasteiger partial charge in [-0.2, -0.15) is 0 Å². The van der Waals surface area contributed by atoms with Crippen LogP contribution in [-0.4, -0.2) is 13.0 Å². The Morgan fingerprint density at radius 3 is 2.27 bits per heavy atom. The molecule has 72 valence electrons. The van der Waals surface area contributed by atoms with Crippen molar-refractivity contribution in [1.82, 2.24) is 0 Å². The Labute approximate surface area is 88.6 Å². The van der Waals surface area contributed by atoms with Crippen LogP contribution in [-0.2, 0) is 0 Å². The summed E-state index contributed by atoms with van der Waals surface area (Å²) in [7, 11) is 5.45. The van der Waals surface area contributed by atoms with Crippen LogP contribution in [0.25, 0.3) is 11.1 Å². The molecule has 2 aromatic rings. The van der Waals surface area contributed by atoms with Gasteiger partial charge in [-0.3, -0.25) is 0 Å². The molecular weight excluding hydrogens is 190 g/mol. The fourth-order valence-electron chi connectivity index (χ4n) is 1.41. The van der Waals surface area contributed by atoms with Gasteiger partial charge in [-0.05, 0) is 23.8 Å². The highest BCUT2D eigenvalue weighted by molar-refractivity contribution is 6.32. The van der Waals surface area contributed by atoms with E-state index in [9.17, 15) is 4.39 Å². The Morgan fingerprint density at radius 2 is 1.67 bits per heavy atom. The molecule has 1 N–H and O–H groups in total. The minimum Gasteiger partial charge on any atom is -0.508 e. The summed E-state index contributed by atoms with van der Waals surface area (Å²) < 4.78 is 13.5. The van der Waals surface area contributed by atoms with Crippen molar-refractivity contribution in [2.75, 3.05) is 0 Å². The molecule has 0 aromatic heterocycles. The zero-order chi connectivity index (χ0) is 10.8. The van der Waals surface area contributed by atoms with E-state index in [1.807, 2.05) is 0 Å². The van der Waals surface area contributed by atoms with Gasteiger partial charge in [-0.25, -0.2) is 4.39 Å². The zero-order valence-corrected chi connectivity index (χ0v) is 7.94. The minimum absolute atomic E-state index is 0.162. The monoisotopic (exact) mass is 198 g/mol. The third kappa shape index (κ3) is 2.01. The Morgan fingerprint density at radius 1 is 1.00 bits per heavy atom. The number of aromatic hydroxyl groups is 1. The molecule has 0 spiro atoms. The van der Waals surface area contributed by atoms with Crippen molar-refractivity contribution >= 4 is 13.3 Å². The molecule has 0 saturated heterocycles. The Kier molecular flexibility index (Phi) is 2.46. The highest BCUT2D eigenvalue weighted by atomic mass is 19.1. The summed E-state index contributed by atoms with van der Waals surface area (Å²) in [5.41, 5.74) is 1.59. The first-order valence-corrected chi connectivity index (χ1v) is 4.51. The molecule has 0 unspecified atom stereocenters. The number of benzene rings is 2. The quantitative estimate of drug-likeness (QED) is 0.694. The maximum atomic E-state index is 13.5. The molecule has 0 heterocycles. The van der Waals surface area contributed by atoms with Gasteiger partial charge in [-0.15, -0.1) is 0 Å². The van der Waals surface area contributed by atoms with Crippen LogP contribution in [0.15, 0.2) is 42.5 Å². The molecule has 0 bridgehead atoms. The lowest BCUT2D eigenvalue weighted by molar-refractivity contribution is 0.475. The zero-order valence-electron chi connectivity index (χ0n) is 7.94. The van der Waals surface area contributed by atoms with E-state index in [0.29, 0.717) is 16.6 Å². The van der Waals surface area contributed by atoms with E-state index < -0.39 is 0 Å². The van der Waals surface area contributed by atoms with Gasteiger partial charge in [0.1, 0.15) is 19.4 Å². The van der Waals surface area contributed by atoms with Crippen LogP contribution < -0.4 is 5.46 Å². The van der Waals surface area contributed by atoms with Gasteiger partial charge < -0.3 is 5.11 Å². The van der Waals surface area contributed by atoms with E-state index in [1.165, 1.54) is 18.2 Å². The van der Waals surface area contributed by atoms with Crippen LogP contribution in [0.1, 0.15) is 0 Å². The molecule has 2 radical (unpaired) electrons. The van der Waals surface area contributed by atoms with Gasteiger partial charge in [0, 0.05) is 5.56 Å². The number of phenolic OH excluding ortho intramolecular Hbond substituents is 1. The third-order valence-electron chi connectivity index (χ3n) is 2.17. The maximum Gasteiger partial charge on any atom is 0.130 e. The summed E-state index contributed by atoms with van der Waals surface area (Å²) in [6.45, 7) is 0. The number of phenols is 1. The highest BCUT2D eigenvalue weighted by Crippen LogP contribution is 2.23. The smallest absolute Gasteiger partial charge is 0.130 e. The van der Waals surface area contributed by atoms with E-state index in [4.69, 9.17) is 13.0 Å². The van der Waals surface area contributed by atoms with E-state index >= 15 is 0 Å². The van der Waals surface area contributed by atoms with Crippen molar-refractivity contribution in [3.63, 3.8) is 0 Å². The average molecular weight is 198 g/mol. The molecular formula is C12H8BFO. The van der Waals surface area contributed by atoms with E-state index in [-0.39, 0.29) is 11.6 Å². The Hall–Kier alpha value is -1.77. The summed E-state index contributed by atoms with van der Waals surface area (Å²) >= 11 is 0. The van der Waals surface area contributed by atoms with Crippen molar-refractivity contribution in [3.05, 3.63) is 48.3 Å². The van der Waals surface area contributed by atoms with Crippen molar-refractivity contribution in [1.29, 1.82) is 0 Å². The standard InChI is InChI=1S/C12H8BFO/c13-9-3-6-11(12(14)7-9)8-1-4-10(15)5-2-8/h1-7,15H. The molecule has 0 aliphatic carbocycles. The van der Waals surface area contributed by atoms with Crippen LogP contribution in [0.5, 0.6) is 5.75 Å². The molecule has 15 heavy (non-hydrogen) atoms. The summed E-state index contributed by atoms with van der Waals surface area (Å²) in [4.78, 5) is 0. The Bertz CT molecular complexity index is 479. The SMILES string of the molecule is [B]c1ccc(-c2ccc(O)cc2)c(F)c1. The molecule has 2 aromatic carbocycles. The highest BCUT2D eigenvalue weighted by Gasteiger charge is 2.04. The lowest BCUT2D eigenvalue weighted by atomic mass is 9.93. The van der Waals surface area contributed by atoms with Crippen LogP contribution in [0, 0.1) is 5.82 Å². The summed E-state index contributed by atoms with van der Waals surface area (Å²) in [6.07, 6.45) is 0. The van der Waals surface area contributed by atoms with Gasteiger partial charge in [0.05, 0.1) is 0 Å². The van der Waals surface area contributed by atoms with Gasteiger partial charge in [0.25, 0.3) is 0 Å². The van der Waals surface area contributed by atoms with Gasteiger partial charge in [0.2, 0.25) is 0 Å². The third-order valence-corrected chi connectivity index (χ3v) is 2.17.